The van der Waals surface area contributed by atoms with Gasteiger partial charge in [0, 0.05) is 31.6 Å². The summed E-state index contributed by atoms with van der Waals surface area (Å²) in [6, 6.07) is 3.11. The van der Waals surface area contributed by atoms with Crippen molar-refractivity contribution in [2.24, 2.45) is 5.92 Å². The number of benzene rings is 1. The van der Waals surface area contributed by atoms with Gasteiger partial charge in [-0.3, -0.25) is 9.59 Å². The molecule has 0 aliphatic carbocycles. The van der Waals surface area contributed by atoms with Gasteiger partial charge in [-0.2, -0.15) is 0 Å². The number of amides is 1. The molecule has 1 amide bonds. The molecule has 0 spiro atoms. The topological polar surface area (TPSA) is 105 Å². The summed E-state index contributed by atoms with van der Waals surface area (Å²) in [5, 5.41) is 12.1. The zero-order chi connectivity index (χ0) is 19.3. The number of likely N-dealkylation sites (tertiary alicyclic amines) is 1. The number of carbonyl (C=O) groups excluding carboxylic acids is 1. The number of carbonyl (C=O) groups is 2. The summed E-state index contributed by atoms with van der Waals surface area (Å²) in [5.41, 5.74) is 6.49. The maximum Gasteiger partial charge on any atom is 0.303 e. The molecule has 2 rings (SSSR count). The predicted molar refractivity (Wildman–Crippen MR) is 101 cm³/mol. The number of methoxy groups -OCH3 is 1. The van der Waals surface area contributed by atoms with E-state index in [1.165, 1.54) is 13.2 Å². The fraction of sp³-hybridized carbons (Fsp3) is 0.556. The van der Waals surface area contributed by atoms with Crippen LogP contribution >= 0.6 is 11.6 Å². The first-order chi connectivity index (χ1) is 12.3. The van der Waals surface area contributed by atoms with Crippen molar-refractivity contribution in [3.8, 4) is 5.75 Å². The maximum absolute atomic E-state index is 12.7. The Morgan fingerprint density at radius 1 is 1.46 bits per heavy atom. The molecule has 1 saturated heterocycles. The average molecular weight is 384 g/mol. The molecular weight excluding hydrogens is 358 g/mol. The van der Waals surface area contributed by atoms with E-state index >= 15 is 0 Å². The molecule has 7 nitrogen and oxygen atoms in total. The van der Waals surface area contributed by atoms with Gasteiger partial charge in [0.15, 0.2) is 0 Å². The van der Waals surface area contributed by atoms with E-state index in [1.807, 2.05) is 0 Å². The molecule has 1 fully saturated rings. The normalized spacial score (nSPS) is 20.6. The first kappa shape index (κ1) is 20.3. The van der Waals surface area contributed by atoms with Crippen molar-refractivity contribution in [1.29, 1.82) is 0 Å². The van der Waals surface area contributed by atoms with Crippen LogP contribution < -0.4 is 15.8 Å². The highest BCUT2D eigenvalue weighted by Crippen LogP contribution is 2.29. The molecule has 0 bridgehead atoms. The van der Waals surface area contributed by atoms with Gasteiger partial charge in [-0.15, -0.1) is 0 Å². The number of nitrogens with one attached hydrogen (secondary N) is 1. The molecule has 0 unspecified atom stereocenters. The van der Waals surface area contributed by atoms with Gasteiger partial charge in [0.1, 0.15) is 5.75 Å². The van der Waals surface area contributed by atoms with E-state index in [4.69, 9.17) is 27.2 Å². The second-order valence-corrected chi connectivity index (χ2v) is 7.13. The summed E-state index contributed by atoms with van der Waals surface area (Å²) < 4.78 is 5.24. The molecule has 144 valence electrons. The van der Waals surface area contributed by atoms with E-state index in [2.05, 4.69) is 17.1 Å². The molecule has 1 aromatic rings. The largest absolute Gasteiger partial charge is 0.496 e. The third-order valence-corrected chi connectivity index (χ3v) is 5.06. The number of nitrogen functional groups attached to an aromatic ring is 1. The highest BCUT2D eigenvalue weighted by molar-refractivity contribution is 6.33. The lowest BCUT2D eigenvalue weighted by Crippen LogP contribution is -2.50. The molecule has 1 aliphatic heterocycles. The SMILES string of the molecule is COc1cc(N)c(Cl)cc1C(=O)N[C@H]1CCN(CCCC(=O)O)C[C@@H]1C. The molecule has 0 aromatic heterocycles. The number of piperidine rings is 1. The summed E-state index contributed by atoms with van der Waals surface area (Å²) in [6.45, 7) is 4.50. The Hall–Kier alpha value is -1.99. The molecule has 4 N–H and O–H groups in total. The number of nitrogens with two attached hydrogens (primary N) is 1. The Morgan fingerprint density at radius 2 is 2.19 bits per heavy atom. The molecule has 0 saturated carbocycles. The van der Waals surface area contributed by atoms with Crippen LogP contribution in [0.15, 0.2) is 12.1 Å². The third kappa shape index (κ3) is 5.25. The Kier molecular flexibility index (Phi) is 7.11. The molecule has 1 aliphatic rings. The van der Waals surface area contributed by atoms with E-state index in [1.54, 1.807) is 6.07 Å². The third-order valence-electron chi connectivity index (χ3n) is 4.73. The number of halogens is 1. The number of rotatable bonds is 7. The number of carboxylic acid groups (broad SMARTS) is 1. The number of carboxylic acids is 1. The van der Waals surface area contributed by atoms with E-state index in [9.17, 15) is 9.59 Å². The molecule has 8 heteroatoms. The van der Waals surface area contributed by atoms with Crippen LogP contribution in [0.4, 0.5) is 5.69 Å². The van der Waals surface area contributed by atoms with Gasteiger partial charge in [-0.05, 0) is 31.4 Å². The Morgan fingerprint density at radius 3 is 2.81 bits per heavy atom. The molecule has 1 aromatic carbocycles. The summed E-state index contributed by atoms with van der Waals surface area (Å²) in [7, 11) is 1.48. The Bertz CT molecular complexity index is 668. The van der Waals surface area contributed by atoms with Crippen LogP contribution in [0.2, 0.25) is 5.02 Å². The second kappa shape index (κ2) is 9.09. The number of anilines is 1. The summed E-state index contributed by atoms with van der Waals surface area (Å²) in [5.74, 6) is -0.354. The first-order valence-electron chi connectivity index (χ1n) is 8.69. The van der Waals surface area contributed by atoms with Crippen molar-refractivity contribution >= 4 is 29.2 Å². The lowest BCUT2D eigenvalue weighted by Gasteiger charge is -2.37. The predicted octanol–water partition coefficient (Wildman–Crippen LogP) is 2.24. The van der Waals surface area contributed by atoms with E-state index in [-0.39, 0.29) is 24.3 Å². The highest BCUT2D eigenvalue weighted by Gasteiger charge is 2.28. The van der Waals surface area contributed by atoms with E-state index < -0.39 is 5.97 Å². The van der Waals surface area contributed by atoms with Crippen molar-refractivity contribution in [3.05, 3.63) is 22.7 Å². The van der Waals surface area contributed by atoms with Crippen molar-refractivity contribution in [2.75, 3.05) is 32.5 Å². The lowest BCUT2D eigenvalue weighted by atomic mass is 9.93. The van der Waals surface area contributed by atoms with Crippen LogP contribution in [0.3, 0.4) is 0 Å². The summed E-state index contributed by atoms with van der Waals surface area (Å²) >= 11 is 6.04. The van der Waals surface area contributed by atoms with Crippen LogP contribution in [0.5, 0.6) is 5.75 Å². The van der Waals surface area contributed by atoms with Gasteiger partial charge < -0.3 is 25.8 Å². The van der Waals surface area contributed by atoms with Crippen LogP contribution in [0.25, 0.3) is 0 Å². The average Bonchev–Trinajstić information content (AvgIpc) is 2.58. The zero-order valence-electron chi connectivity index (χ0n) is 15.1. The molecule has 1 heterocycles. The first-order valence-corrected chi connectivity index (χ1v) is 9.07. The second-order valence-electron chi connectivity index (χ2n) is 6.72. The Balaban J connectivity index is 1.94. The minimum atomic E-state index is -0.767. The van der Waals surface area contributed by atoms with E-state index in [0.29, 0.717) is 28.4 Å². The van der Waals surface area contributed by atoms with Gasteiger partial charge in [-0.1, -0.05) is 18.5 Å². The monoisotopic (exact) mass is 383 g/mol. The van der Waals surface area contributed by atoms with Gasteiger partial charge in [0.2, 0.25) is 0 Å². The lowest BCUT2D eigenvalue weighted by molar-refractivity contribution is -0.137. The van der Waals surface area contributed by atoms with Gasteiger partial charge >= 0.3 is 5.97 Å². The number of nitrogens with zero attached hydrogens (tertiary/aromatic N) is 1. The minimum Gasteiger partial charge on any atom is -0.496 e. The number of aliphatic carboxylic acids is 1. The molecule has 2 atom stereocenters. The Labute approximate surface area is 158 Å². The number of ether oxygens (including phenoxy) is 1. The van der Waals surface area contributed by atoms with Crippen LogP contribution in [-0.2, 0) is 4.79 Å². The van der Waals surface area contributed by atoms with Crippen molar-refractivity contribution < 1.29 is 19.4 Å². The fourth-order valence-electron chi connectivity index (χ4n) is 3.26. The number of hydrogen-bond donors (Lipinski definition) is 3. The van der Waals surface area contributed by atoms with Crippen LogP contribution in [0, 0.1) is 5.92 Å². The number of hydrogen-bond acceptors (Lipinski definition) is 5. The highest BCUT2D eigenvalue weighted by atomic mass is 35.5. The van der Waals surface area contributed by atoms with Crippen LogP contribution in [0.1, 0.15) is 36.5 Å². The summed E-state index contributed by atoms with van der Waals surface area (Å²) in [6.07, 6.45) is 1.63. The fourth-order valence-corrected chi connectivity index (χ4v) is 3.43. The molecule has 26 heavy (non-hydrogen) atoms. The zero-order valence-corrected chi connectivity index (χ0v) is 15.9. The van der Waals surface area contributed by atoms with Gasteiger partial charge in [0.25, 0.3) is 5.91 Å². The van der Waals surface area contributed by atoms with Gasteiger partial charge in [-0.25, -0.2) is 0 Å². The maximum atomic E-state index is 12.7. The molecule has 0 radical (unpaired) electrons. The molecular formula is C18H26ClN3O4. The van der Waals surface area contributed by atoms with Crippen molar-refractivity contribution in [3.63, 3.8) is 0 Å². The van der Waals surface area contributed by atoms with Crippen LogP contribution in [-0.4, -0.2) is 54.7 Å². The minimum absolute atomic E-state index is 0.0410. The quantitative estimate of drug-likeness (QED) is 0.623. The van der Waals surface area contributed by atoms with Crippen molar-refractivity contribution in [2.45, 2.75) is 32.2 Å². The smallest absolute Gasteiger partial charge is 0.303 e. The standard InChI is InChI=1S/C18H26ClN3O4/c1-11-10-22(6-3-4-17(23)24)7-5-15(11)21-18(25)12-8-13(19)14(20)9-16(12)26-2/h8-9,11,15H,3-7,10,20H2,1-2H3,(H,21,25)(H,23,24)/t11-,15-/m0/s1. The summed E-state index contributed by atoms with van der Waals surface area (Å²) in [4.78, 5) is 25.5. The van der Waals surface area contributed by atoms with E-state index in [0.717, 1.165) is 26.1 Å². The van der Waals surface area contributed by atoms with Crippen molar-refractivity contribution in [1.82, 2.24) is 10.2 Å². The van der Waals surface area contributed by atoms with Gasteiger partial charge in [0.05, 0.1) is 23.4 Å².